The summed E-state index contributed by atoms with van der Waals surface area (Å²) >= 11 is 0. The number of aliphatic hydroxyl groups is 1. The van der Waals surface area contributed by atoms with E-state index < -0.39 is 11.4 Å². The normalized spacial score (nSPS) is 28.2. The molecule has 0 saturated carbocycles. The highest BCUT2D eigenvalue weighted by molar-refractivity contribution is 5.78. The Morgan fingerprint density at radius 3 is 2.75 bits per heavy atom. The number of aliphatic hydroxyl groups excluding tert-OH is 1. The summed E-state index contributed by atoms with van der Waals surface area (Å²) in [4.78, 5) is 10.9. The van der Waals surface area contributed by atoms with Crippen molar-refractivity contribution in [1.82, 2.24) is 0 Å². The van der Waals surface area contributed by atoms with Gasteiger partial charge in [0.1, 0.15) is 11.2 Å². The molecule has 3 heteroatoms. The molecule has 0 bridgehead atoms. The largest absolute Gasteiger partial charge is 0.511 e. The predicted molar refractivity (Wildman–Crippen MR) is 44.8 cm³/mol. The van der Waals surface area contributed by atoms with Crippen LogP contribution in [0.1, 0.15) is 19.8 Å². The van der Waals surface area contributed by atoms with Crippen LogP contribution in [0.3, 0.4) is 0 Å². The van der Waals surface area contributed by atoms with Crippen molar-refractivity contribution < 1.29 is 15.0 Å². The van der Waals surface area contributed by atoms with Gasteiger partial charge in [0.2, 0.25) is 0 Å². The van der Waals surface area contributed by atoms with Crippen LogP contribution < -0.4 is 0 Å². The molecular formula is C9H12O3. The molecule has 2 N–H and O–H groups in total. The van der Waals surface area contributed by atoms with Crippen LogP contribution >= 0.6 is 0 Å². The minimum Gasteiger partial charge on any atom is -0.511 e. The number of carboxylic acids is 1. The van der Waals surface area contributed by atoms with Crippen molar-refractivity contribution in [2.75, 3.05) is 0 Å². The Morgan fingerprint density at radius 1 is 1.75 bits per heavy atom. The van der Waals surface area contributed by atoms with Gasteiger partial charge in [-0.15, -0.1) is 0 Å². The molecular weight excluding hydrogens is 156 g/mol. The Kier molecular flexibility index (Phi) is 2.22. The minimum absolute atomic E-state index is 0.0417. The van der Waals surface area contributed by atoms with E-state index in [1.54, 1.807) is 19.1 Å². The standard InChI is InChI=1S/C9H12O3/c1-2-9(8(11)12)6-4-3-5-7(9)10/h3-5,10H,2,6H2,1H3,(H,11,12). The highest BCUT2D eigenvalue weighted by Gasteiger charge is 2.40. The topological polar surface area (TPSA) is 57.5 Å². The first-order valence-electron chi connectivity index (χ1n) is 3.93. The zero-order valence-electron chi connectivity index (χ0n) is 6.95. The van der Waals surface area contributed by atoms with Crippen LogP contribution in [0.4, 0.5) is 0 Å². The average Bonchev–Trinajstić information content (AvgIpc) is 2.05. The van der Waals surface area contributed by atoms with Gasteiger partial charge in [0, 0.05) is 0 Å². The van der Waals surface area contributed by atoms with Crippen molar-refractivity contribution in [3.8, 4) is 0 Å². The van der Waals surface area contributed by atoms with Gasteiger partial charge in [-0.2, -0.15) is 0 Å². The first-order valence-corrected chi connectivity index (χ1v) is 3.93. The van der Waals surface area contributed by atoms with Crippen LogP contribution in [0, 0.1) is 5.41 Å². The van der Waals surface area contributed by atoms with Crippen molar-refractivity contribution in [2.24, 2.45) is 5.41 Å². The molecule has 0 aromatic carbocycles. The van der Waals surface area contributed by atoms with Crippen LogP contribution in [0.2, 0.25) is 0 Å². The van der Waals surface area contributed by atoms with E-state index in [1.807, 2.05) is 0 Å². The summed E-state index contributed by atoms with van der Waals surface area (Å²) in [5, 5.41) is 18.3. The summed E-state index contributed by atoms with van der Waals surface area (Å²) in [5.41, 5.74) is -1.07. The third-order valence-corrected chi connectivity index (χ3v) is 2.36. The fraction of sp³-hybridized carbons (Fsp3) is 0.444. The fourth-order valence-corrected chi connectivity index (χ4v) is 1.37. The van der Waals surface area contributed by atoms with Gasteiger partial charge < -0.3 is 10.2 Å². The maximum absolute atomic E-state index is 10.9. The lowest BCUT2D eigenvalue weighted by Gasteiger charge is -2.27. The molecule has 0 amide bonds. The smallest absolute Gasteiger partial charge is 0.317 e. The summed E-state index contributed by atoms with van der Waals surface area (Å²) in [6.07, 6.45) is 5.67. The van der Waals surface area contributed by atoms with E-state index in [1.165, 1.54) is 6.08 Å². The summed E-state index contributed by atoms with van der Waals surface area (Å²) < 4.78 is 0. The Balaban J connectivity index is 3.03. The molecule has 1 aliphatic carbocycles. The zero-order chi connectivity index (χ0) is 9.19. The van der Waals surface area contributed by atoms with Gasteiger partial charge in [0.25, 0.3) is 0 Å². The molecule has 0 aliphatic heterocycles. The molecule has 1 aliphatic rings. The molecule has 0 spiro atoms. The Labute approximate surface area is 71.0 Å². The van der Waals surface area contributed by atoms with Crippen molar-refractivity contribution in [1.29, 1.82) is 0 Å². The Hall–Kier alpha value is -1.25. The highest BCUT2D eigenvalue weighted by atomic mass is 16.4. The lowest BCUT2D eigenvalue weighted by atomic mass is 9.77. The quantitative estimate of drug-likeness (QED) is 0.661. The highest BCUT2D eigenvalue weighted by Crippen LogP contribution is 2.36. The van der Waals surface area contributed by atoms with Crippen LogP contribution in [0.15, 0.2) is 24.0 Å². The lowest BCUT2D eigenvalue weighted by Crippen LogP contribution is -2.33. The molecule has 1 unspecified atom stereocenters. The third-order valence-electron chi connectivity index (χ3n) is 2.36. The molecule has 0 aromatic rings. The summed E-state index contributed by atoms with van der Waals surface area (Å²) in [5.74, 6) is -0.997. The molecule has 0 aromatic heterocycles. The average molecular weight is 168 g/mol. The van der Waals surface area contributed by atoms with E-state index in [0.29, 0.717) is 12.8 Å². The van der Waals surface area contributed by atoms with Gasteiger partial charge in [0.15, 0.2) is 0 Å². The van der Waals surface area contributed by atoms with E-state index in [9.17, 15) is 9.90 Å². The zero-order valence-corrected chi connectivity index (χ0v) is 6.95. The van der Waals surface area contributed by atoms with Crippen LogP contribution in [0.5, 0.6) is 0 Å². The van der Waals surface area contributed by atoms with E-state index >= 15 is 0 Å². The fourth-order valence-electron chi connectivity index (χ4n) is 1.37. The first kappa shape index (κ1) is 8.84. The van der Waals surface area contributed by atoms with Gasteiger partial charge in [-0.1, -0.05) is 19.1 Å². The van der Waals surface area contributed by atoms with Crippen molar-refractivity contribution in [3.05, 3.63) is 24.0 Å². The summed E-state index contributed by atoms with van der Waals surface area (Å²) in [7, 11) is 0. The molecule has 3 nitrogen and oxygen atoms in total. The second kappa shape index (κ2) is 3.01. The van der Waals surface area contributed by atoms with Crippen molar-refractivity contribution in [3.63, 3.8) is 0 Å². The number of hydrogen-bond acceptors (Lipinski definition) is 2. The molecule has 66 valence electrons. The maximum atomic E-state index is 10.9. The van der Waals surface area contributed by atoms with Crippen LogP contribution in [0.25, 0.3) is 0 Å². The minimum atomic E-state index is -1.07. The maximum Gasteiger partial charge on any atom is 0.317 e. The van der Waals surface area contributed by atoms with E-state index in [0.717, 1.165) is 0 Å². The summed E-state index contributed by atoms with van der Waals surface area (Å²) in [6, 6.07) is 0. The summed E-state index contributed by atoms with van der Waals surface area (Å²) in [6.45, 7) is 1.76. The van der Waals surface area contributed by atoms with Crippen molar-refractivity contribution in [2.45, 2.75) is 19.8 Å². The van der Waals surface area contributed by atoms with E-state index in [-0.39, 0.29) is 5.76 Å². The number of rotatable bonds is 2. The molecule has 0 heterocycles. The molecule has 1 rings (SSSR count). The predicted octanol–water partition coefficient (Wildman–Crippen LogP) is 1.87. The van der Waals surface area contributed by atoms with E-state index in [4.69, 9.17) is 5.11 Å². The second-order valence-corrected chi connectivity index (χ2v) is 2.92. The van der Waals surface area contributed by atoms with Gasteiger partial charge in [-0.25, -0.2) is 0 Å². The number of hydrogen-bond donors (Lipinski definition) is 2. The van der Waals surface area contributed by atoms with Crippen molar-refractivity contribution >= 4 is 5.97 Å². The first-order chi connectivity index (χ1) is 5.63. The Morgan fingerprint density at radius 2 is 2.42 bits per heavy atom. The molecule has 12 heavy (non-hydrogen) atoms. The molecule has 0 fully saturated rings. The second-order valence-electron chi connectivity index (χ2n) is 2.92. The lowest BCUT2D eigenvalue weighted by molar-refractivity contribution is -0.148. The van der Waals surface area contributed by atoms with Gasteiger partial charge >= 0.3 is 5.97 Å². The number of carboxylic acid groups (broad SMARTS) is 1. The molecule has 0 radical (unpaired) electrons. The number of aliphatic carboxylic acids is 1. The van der Waals surface area contributed by atoms with Gasteiger partial charge in [-0.05, 0) is 18.9 Å². The SMILES string of the molecule is CCC1(C(=O)O)CC=CC=C1O. The monoisotopic (exact) mass is 168 g/mol. The Bertz CT molecular complexity index is 252. The third kappa shape index (κ3) is 1.11. The number of carbonyl (C=O) groups is 1. The van der Waals surface area contributed by atoms with Crippen LogP contribution in [-0.4, -0.2) is 16.2 Å². The van der Waals surface area contributed by atoms with Gasteiger partial charge in [-0.3, -0.25) is 4.79 Å². The van der Waals surface area contributed by atoms with E-state index in [2.05, 4.69) is 0 Å². The molecule has 1 atom stereocenters. The van der Waals surface area contributed by atoms with Crippen LogP contribution in [-0.2, 0) is 4.79 Å². The van der Waals surface area contributed by atoms with Gasteiger partial charge in [0.05, 0.1) is 0 Å². The number of allylic oxidation sites excluding steroid dienone is 3. The molecule has 0 saturated heterocycles.